The molecule has 0 bridgehead atoms. The molecule has 2 aromatic rings. The molecule has 17 heavy (non-hydrogen) atoms. The number of phenolic OH excluding ortho intramolecular Hbond substituents is 1. The maximum Gasteiger partial charge on any atom is 0.165 e. The molecule has 3 heteroatoms. The van der Waals surface area contributed by atoms with Crippen LogP contribution in [0.3, 0.4) is 0 Å². The van der Waals surface area contributed by atoms with Crippen molar-refractivity contribution < 1.29 is 14.2 Å². The predicted molar refractivity (Wildman–Crippen MR) is 64.8 cm³/mol. The highest BCUT2D eigenvalue weighted by molar-refractivity contribution is 5.71. The average molecular weight is 232 g/mol. The Morgan fingerprint density at radius 2 is 1.88 bits per heavy atom. The average Bonchev–Trinajstić information content (AvgIpc) is 2.32. The molecule has 0 aliphatic rings. The fraction of sp³-hybridized carbons (Fsp3) is 0.143. The van der Waals surface area contributed by atoms with Crippen molar-refractivity contribution in [2.24, 2.45) is 0 Å². The molecule has 0 saturated heterocycles. The Labute approximate surface area is 99.3 Å². The van der Waals surface area contributed by atoms with Crippen molar-refractivity contribution >= 4 is 0 Å². The van der Waals surface area contributed by atoms with Crippen molar-refractivity contribution in [3.8, 4) is 22.6 Å². The number of ether oxygens (including phenoxy) is 1. The smallest absolute Gasteiger partial charge is 0.165 e. The lowest BCUT2D eigenvalue weighted by atomic mass is 10.0. The van der Waals surface area contributed by atoms with E-state index in [9.17, 15) is 9.50 Å². The molecule has 2 nitrogen and oxygen atoms in total. The molecule has 0 radical (unpaired) electrons. The minimum Gasteiger partial charge on any atom is -0.507 e. The number of hydrogen-bond acceptors (Lipinski definition) is 2. The van der Waals surface area contributed by atoms with E-state index in [4.69, 9.17) is 4.74 Å². The minimum absolute atomic E-state index is 0.139. The topological polar surface area (TPSA) is 29.5 Å². The van der Waals surface area contributed by atoms with Gasteiger partial charge in [0.05, 0.1) is 7.11 Å². The maximum absolute atomic E-state index is 13.6. The lowest BCUT2D eigenvalue weighted by Crippen LogP contribution is -1.89. The first kappa shape index (κ1) is 11.5. The lowest BCUT2D eigenvalue weighted by molar-refractivity contribution is 0.386. The van der Waals surface area contributed by atoms with Gasteiger partial charge in [-0.1, -0.05) is 17.7 Å². The SMILES string of the molecule is COc1ccc(-c2cc(C)ccc2O)cc1F. The van der Waals surface area contributed by atoms with E-state index in [-0.39, 0.29) is 11.5 Å². The van der Waals surface area contributed by atoms with E-state index in [0.717, 1.165) is 5.56 Å². The van der Waals surface area contributed by atoms with Crippen LogP contribution >= 0.6 is 0 Å². The van der Waals surface area contributed by atoms with Crippen molar-refractivity contribution in [1.29, 1.82) is 0 Å². The highest BCUT2D eigenvalue weighted by atomic mass is 19.1. The van der Waals surface area contributed by atoms with Gasteiger partial charge in [-0.2, -0.15) is 0 Å². The van der Waals surface area contributed by atoms with Crippen LogP contribution in [0.1, 0.15) is 5.56 Å². The first-order chi connectivity index (χ1) is 8.11. The molecule has 0 spiro atoms. The summed E-state index contributed by atoms with van der Waals surface area (Å²) >= 11 is 0. The van der Waals surface area contributed by atoms with Gasteiger partial charge in [0, 0.05) is 5.56 Å². The summed E-state index contributed by atoms with van der Waals surface area (Å²) in [6.45, 7) is 1.92. The molecule has 0 saturated carbocycles. The van der Waals surface area contributed by atoms with E-state index in [1.165, 1.54) is 13.2 Å². The molecule has 0 amide bonds. The number of rotatable bonds is 2. The van der Waals surface area contributed by atoms with E-state index in [0.29, 0.717) is 11.1 Å². The molecule has 0 aliphatic carbocycles. The van der Waals surface area contributed by atoms with E-state index in [1.807, 2.05) is 13.0 Å². The summed E-state index contributed by atoms with van der Waals surface area (Å²) in [5.41, 5.74) is 2.25. The van der Waals surface area contributed by atoms with Crippen molar-refractivity contribution in [3.63, 3.8) is 0 Å². The van der Waals surface area contributed by atoms with E-state index >= 15 is 0 Å². The second-order valence-corrected chi connectivity index (χ2v) is 3.87. The molecular weight excluding hydrogens is 219 g/mol. The Hall–Kier alpha value is -2.03. The Balaban J connectivity index is 2.53. The van der Waals surface area contributed by atoms with Crippen LogP contribution < -0.4 is 4.74 Å². The summed E-state index contributed by atoms with van der Waals surface area (Å²) < 4.78 is 18.4. The second-order valence-electron chi connectivity index (χ2n) is 3.87. The fourth-order valence-corrected chi connectivity index (χ4v) is 1.72. The van der Waals surface area contributed by atoms with Crippen LogP contribution in [-0.4, -0.2) is 12.2 Å². The molecule has 1 N–H and O–H groups in total. The van der Waals surface area contributed by atoms with Gasteiger partial charge in [-0.05, 0) is 36.8 Å². The van der Waals surface area contributed by atoms with Gasteiger partial charge in [0.2, 0.25) is 0 Å². The van der Waals surface area contributed by atoms with Gasteiger partial charge in [0.25, 0.3) is 0 Å². The van der Waals surface area contributed by atoms with Crippen LogP contribution in [0.4, 0.5) is 4.39 Å². The number of aromatic hydroxyl groups is 1. The number of phenols is 1. The van der Waals surface area contributed by atoms with Crippen LogP contribution in [0.25, 0.3) is 11.1 Å². The summed E-state index contributed by atoms with van der Waals surface area (Å²) in [5.74, 6) is -0.105. The Morgan fingerprint density at radius 1 is 1.12 bits per heavy atom. The van der Waals surface area contributed by atoms with Gasteiger partial charge in [0.15, 0.2) is 11.6 Å². The highest BCUT2D eigenvalue weighted by Gasteiger charge is 2.08. The van der Waals surface area contributed by atoms with Crippen molar-refractivity contribution in [1.82, 2.24) is 0 Å². The molecule has 0 aromatic heterocycles. The third kappa shape index (κ3) is 2.23. The van der Waals surface area contributed by atoms with Gasteiger partial charge in [0.1, 0.15) is 5.75 Å². The van der Waals surface area contributed by atoms with E-state index in [1.54, 1.807) is 24.3 Å². The summed E-state index contributed by atoms with van der Waals surface area (Å²) in [5, 5.41) is 9.75. The number of methoxy groups -OCH3 is 1. The zero-order valence-corrected chi connectivity index (χ0v) is 9.70. The summed E-state index contributed by atoms with van der Waals surface area (Å²) in [7, 11) is 1.42. The van der Waals surface area contributed by atoms with Gasteiger partial charge in [-0.25, -0.2) is 4.39 Å². The lowest BCUT2D eigenvalue weighted by Gasteiger charge is -2.08. The molecule has 0 aliphatic heterocycles. The molecule has 0 atom stereocenters. The molecule has 0 unspecified atom stereocenters. The molecule has 2 aromatic carbocycles. The number of hydrogen-bond donors (Lipinski definition) is 1. The minimum atomic E-state index is -0.439. The molecule has 0 fully saturated rings. The number of halogens is 1. The van der Waals surface area contributed by atoms with E-state index < -0.39 is 5.82 Å². The van der Waals surface area contributed by atoms with Crippen molar-refractivity contribution in [2.75, 3.05) is 7.11 Å². The normalized spacial score (nSPS) is 10.3. The third-order valence-corrected chi connectivity index (χ3v) is 2.61. The van der Waals surface area contributed by atoms with E-state index in [2.05, 4.69) is 0 Å². The fourth-order valence-electron chi connectivity index (χ4n) is 1.72. The Bertz CT molecular complexity index is 550. The number of aryl methyl sites for hydroxylation is 1. The predicted octanol–water partition coefficient (Wildman–Crippen LogP) is 3.52. The van der Waals surface area contributed by atoms with Gasteiger partial charge >= 0.3 is 0 Å². The first-order valence-electron chi connectivity index (χ1n) is 5.25. The Morgan fingerprint density at radius 3 is 2.53 bits per heavy atom. The molecule has 0 heterocycles. The molecular formula is C14H13FO2. The summed E-state index contributed by atoms with van der Waals surface area (Å²) in [6.07, 6.45) is 0. The van der Waals surface area contributed by atoms with Crippen molar-refractivity contribution in [2.45, 2.75) is 6.92 Å². The van der Waals surface area contributed by atoms with Gasteiger partial charge < -0.3 is 9.84 Å². The first-order valence-corrected chi connectivity index (χ1v) is 5.25. The number of benzene rings is 2. The maximum atomic E-state index is 13.6. The molecule has 88 valence electrons. The van der Waals surface area contributed by atoms with Gasteiger partial charge in [-0.15, -0.1) is 0 Å². The van der Waals surface area contributed by atoms with Crippen LogP contribution in [0.5, 0.6) is 11.5 Å². The van der Waals surface area contributed by atoms with Crippen LogP contribution in [0, 0.1) is 12.7 Å². The highest BCUT2D eigenvalue weighted by Crippen LogP contribution is 2.32. The van der Waals surface area contributed by atoms with Crippen LogP contribution in [-0.2, 0) is 0 Å². The Kier molecular flexibility index (Phi) is 3.00. The standard InChI is InChI=1S/C14H13FO2/c1-9-3-5-13(16)11(7-9)10-4-6-14(17-2)12(15)8-10/h3-8,16H,1-2H3. The van der Waals surface area contributed by atoms with Crippen LogP contribution in [0.2, 0.25) is 0 Å². The van der Waals surface area contributed by atoms with Crippen LogP contribution in [0.15, 0.2) is 36.4 Å². The summed E-state index contributed by atoms with van der Waals surface area (Å²) in [6, 6.07) is 9.85. The second kappa shape index (κ2) is 4.45. The van der Waals surface area contributed by atoms with Crippen molar-refractivity contribution in [3.05, 3.63) is 47.8 Å². The molecule has 2 rings (SSSR count). The largest absolute Gasteiger partial charge is 0.507 e. The van der Waals surface area contributed by atoms with Gasteiger partial charge in [-0.3, -0.25) is 0 Å². The zero-order chi connectivity index (χ0) is 12.4. The third-order valence-electron chi connectivity index (χ3n) is 2.61. The quantitative estimate of drug-likeness (QED) is 0.858. The monoisotopic (exact) mass is 232 g/mol. The summed E-state index contributed by atoms with van der Waals surface area (Å²) in [4.78, 5) is 0. The zero-order valence-electron chi connectivity index (χ0n) is 9.70.